The van der Waals surface area contributed by atoms with Crippen LogP contribution >= 0.6 is 0 Å². The van der Waals surface area contributed by atoms with Crippen LogP contribution in [0.2, 0.25) is 0 Å². The van der Waals surface area contributed by atoms with Gasteiger partial charge in [0.25, 0.3) is 5.91 Å². The second kappa shape index (κ2) is 5.43. The summed E-state index contributed by atoms with van der Waals surface area (Å²) < 4.78 is 0. The number of benzene rings is 2. The molecule has 0 spiro atoms. The smallest absolute Gasteiger partial charge is 0.251 e. The highest BCUT2D eigenvalue weighted by Crippen LogP contribution is 2.36. The average molecular weight is 307 g/mol. The van der Waals surface area contributed by atoms with E-state index in [0.29, 0.717) is 18.5 Å². The summed E-state index contributed by atoms with van der Waals surface area (Å²) in [6, 6.07) is 16.7. The Bertz CT molecular complexity index is 760. The molecule has 0 aromatic heterocycles. The molecule has 5 nitrogen and oxygen atoms in total. The van der Waals surface area contributed by atoms with Gasteiger partial charge in [-0.05, 0) is 30.7 Å². The number of anilines is 2. The number of amides is 2. The van der Waals surface area contributed by atoms with Gasteiger partial charge in [0.15, 0.2) is 0 Å². The number of carbonyl (C=O) groups excluding carboxylic acids is 2. The second-order valence-electron chi connectivity index (χ2n) is 5.95. The quantitative estimate of drug-likeness (QED) is 0.892. The van der Waals surface area contributed by atoms with Crippen molar-refractivity contribution in [1.29, 1.82) is 0 Å². The van der Waals surface area contributed by atoms with E-state index in [4.69, 9.17) is 0 Å². The summed E-state index contributed by atoms with van der Waals surface area (Å²) in [5.41, 5.74) is 2.50. The molecule has 2 aromatic carbocycles. The van der Waals surface area contributed by atoms with Gasteiger partial charge in [-0.3, -0.25) is 9.59 Å². The Labute approximate surface area is 134 Å². The molecule has 2 aromatic rings. The van der Waals surface area contributed by atoms with E-state index < -0.39 is 0 Å². The highest BCUT2D eigenvalue weighted by atomic mass is 16.2. The first kappa shape index (κ1) is 13.8. The Morgan fingerprint density at radius 3 is 2.65 bits per heavy atom. The Kier molecular flexibility index (Phi) is 3.26. The Morgan fingerprint density at radius 1 is 1.09 bits per heavy atom. The first-order valence-electron chi connectivity index (χ1n) is 7.75. The summed E-state index contributed by atoms with van der Waals surface area (Å²) in [4.78, 5) is 26.7. The highest BCUT2D eigenvalue weighted by Gasteiger charge is 2.41. The molecule has 5 heteroatoms. The molecule has 2 N–H and O–H groups in total. The molecule has 2 unspecified atom stereocenters. The lowest BCUT2D eigenvalue weighted by Gasteiger charge is -2.32. The van der Waals surface area contributed by atoms with E-state index in [2.05, 4.69) is 15.5 Å². The van der Waals surface area contributed by atoms with E-state index in [1.807, 2.05) is 42.5 Å². The standard InChI is InChI=1S/C18H17N3O2/c22-17(12-6-2-1-3-7-12)19-13-10-16-18(23)20-14-8-4-5-9-15(14)21(16)11-13/h1-9,13,16H,10-11H2,(H,19,22)(H,20,23). The van der Waals surface area contributed by atoms with Gasteiger partial charge in [-0.1, -0.05) is 30.3 Å². The van der Waals surface area contributed by atoms with Crippen LogP contribution in [-0.2, 0) is 4.79 Å². The molecule has 4 rings (SSSR count). The summed E-state index contributed by atoms with van der Waals surface area (Å²) in [5.74, 6) is -0.0932. The fraction of sp³-hybridized carbons (Fsp3) is 0.222. The molecule has 0 bridgehead atoms. The van der Waals surface area contributed by atoms with Crippen LogP contribution in [0.3, 0.4) is 0 Å². The summed E-state index contributed by atoms with van der Waals surface area (Å²) >= 11 is 0. The molecule has 1 saturated heterocycles. The highest BCUT2D eigenvalue weighted by molar-refractivity contribution is 6.04. The number of nitrogens with one attached hydrogen (secondary N) is 2. The number of hydrogen-bond acceptors (Lipinski definition) is 3. The van der Waals surface area contributed by atoms with E-state index >= 15 is 0 Å². The SMILES string of the molecule is O=C(NC1CC2C(=O)Nc3ccccc3N2C1)c1ccccc1. The van der Waals surface area contributed by atoms with Crippen molar-refractivity contribution in [2.75, 3.05) is 16.8 Å². The van der Waals surface area contributed by atoms with Gasteiger partial charge in [0.1, 0.15) is 6.04 Å². The number of carbonyl (C=O) groups is 2. The zero-order valence-corrected chi connectivity index (χ0v) is 12.5. The summed E-state index contributed by atoms with van der Waals surface area (Å²) in [7, 11) is 0. The first-order valence-corrected chi connectivity index (χ1v) is 7.75. The van der Waals surface area contributed by atoms with Gasteiger partial charge in [-0.15, -0.1) is 0 Å². The molecular weight excluding hydrogens is 290 g/mol. The van der Waals surface area contributed by atoms with Gasteiger partial charge >= 0.3 is 0 Å². The Hall–Kier alpha value is -2.82. The molecule has 116 valence electrons. The van der Waals surface area contributed by atoms with Crippen molar-refractivity contribution in [3.8, 4) is 0 Å². The van der Waals surface area contributed by atoms with Gasteiger partial charge in [0.2, 0.25) is 5.91 Å². The zero-order chi connectivity index (χ0) is 15.8. The maximum atomic E-state index is 12.3. The first-order chi connectivity index (χ1) is 11.2. The molecule has 2 atom stereocenters. The topological polar surface area (TPSA) is 61.4 Å². The lowest BCUT2D eigenvalue weighted by atomic mass is 10.1. The molecule has 2 aliphatic rings. The summed E-state index contributed by atoms with van der Waals surface area (Å²) in [5, 5.41) is 5.99. The van der Waals surface area contributed by atoms with Gasteiger partial charge in [0, 0.05) is 18.2 Å². The van der Waals surface area contributed by atoms with Crippen molar-refractivity contribution in [2.45, 2.75) is 18.5 Å². The number of fused-ring (bicyclic) bond motifs is 3. The minimum absolute atomic E-state index is 0.000148. The van der Waals surface area contributed by atoms with Gasteiger partial charge in [0.05, 0.1) is 11.4 Å². The number of nitrogens with zero attached hydrogens (tertiary/aromatic N) is 1. The van der Waals surface area contributed by atoms with Crippen molar-refractivity contribution in [3.05, 3.63) is 60.2 Å². The van der Waals surface area contributed by atoms with Crippen molar-refractivity contribution >= 4 is 23.2 Å². The van der Waals surface area contributed by atoms with Crippen molar-refractivity contribution in [2.24, 2.45) is 0 Å². The third kappa shape index (κ3) is 2.44. The normalized spacial score (nSPS) is 22.1. The number of hydrogen-bond donors (Lipinski definition) is 2. The van der Waals surface area contributed by atoms with E-state index in [-0.39, 0.29) is 23.9 Å². The van der Waals surface area contributed by atoms with Crippen LogP contribution in [0, 0.1) is 0 Å². The molecule has 23 heavy (non-hydrogen) atoms. The van der Waals surface area contributed by atoms with E-state index in [1.54, 1.807) is 12.1 Å². The third-order valence-corrected chi connectivity index (χ3v) is 4.45. The zero-order valence-electron chi connectivity index (χ0n) is 12.5. The Morgan fingerprint density at radius 2 is 1.83 bits per heavy atom. The number of para-hydroxylation sites is 2. The molecule has 2 amide bonds. The molecule has 2 heterocycles. The molecule has 0 radical (unpaired) electrons. The minimum Gasteiger partial charge on any atom is -0.356 e. The van der Waals surface area contributed by atoms with E-state index in [9.17, 15) is 9.59 Å². The van der Waals surface area contributed by atoms with Crippen molar-refractivity contribution in [3.63, 3.8) is 0 Å². The predicted molar refractivity (Wildman–Crippen MR) is 88.5 cm³/mol. The van der Waals surface area contributed by atoms with Crippen LogP contribution in [0.1, 0.15) is 16.8 Å². The largest absolute Gasteiger partial charge is 0.356 e. The van der Waals surface area contributed by atoms with Gasteiger partial charge in [-0.25, -0.2) is 0 Å². The average Bonchev–Trinajstić information content (AvgIpc) is 3.00. The lowest BCUT2D eigenvalue weighted by molar-refractivity contribution is -0.117. The second-order valence-corrected chi connectivity index (χ2v) is 5.95. The fourth-order valence-electron chi connectivity index (χ4n) is 3.36. The predicted octanol–water partition coefficient (Wildman–Crippen LogP) is 2.02. The van der Waals surface area contributed by atoms with Crippen LogP contribution in [0.25, 0.3) is 0 Å². The fourth-order valence-corrected chi connectivity index (χ4v) is 3.36. The van der Waals surface area contributed by atoms with Crippen LogP contribution in [0.5, 0.6) is 0 Å². The molecule has 0 aliphatic carbocycles. The molecule has 0 saturated carbocycles. The van der Waals surface area contributed by atoms with Gasteiger partial charge in [-0.2, -0.15) is 0 Å². The van der Waals surface area contributed by atoms with E-state index in [0.717, 1.165) is 11.4 Å². The van der Waals surface area contributed by atoms with Crippen LogP contribution in [0.15, 0.2) is 54.6 Å². The van der Waals surface area contributed by atoms with Crippen LogP contribution < -0.4 is 15.5 Å². The maximum absolute atomic E-state index is 12.3. The third-order valence-electron chi connectivity index (χ3n) is 4.45. The maximum Gasteiger partial charge on any atom is 0.251 e. The monoisotopic (exact) mass is 307 g/mol. The summed E-state index contributed by atoms with van der Waals surface area (Å²) in [6.45, 7) is 0.647. The van der Waals surface area contributed by atoms with Crippen LogP contribution in [-0.4, -0.2) is 30.4 Å². The molecule has 1 fully saturated rings. The van der Waals surface area contributed by atoms with Crippen molar-refractivity contribution in [1.82, 2.24) is 5.32 Å². The molecule has 2 aliphatic heterocycles. The van der Waals surface area contributed by atoms with E-state index in [1.165, 1.54) is 0 Å². The van der Waals surface area contributed by atoms with Crippen LogP contribution in [0.4, 0.5) is 11.4 Å². The molecular formula is C18H17N3O2. The lowest BCUT2D eigenvalue weighted by Crippen LogP contribution is -2.44. The minimum atomic E-state index is -0.217. The van der Waals surface area contributed by atoms with Gasteiger partial charge < -0.3 is 15.5 Å². The number of rotatable bonds is 2. The van der Waals surface area contributed by atoms with Crippen molar-refractivity contribution < 1.29 is 9.59 Å². The summed E-state index contributed by atoms with van der Waals surface area (Å²) in [6.07, 6.45) is 0.624. The Balaban J connectivity index is 1.53.